The van der Waals surface area contributed by atoms with Crippen LogP contribution in [-0.2, 0) is 18.4 Å². The molecule has 1 N–H and O–H groups in total. The number of H-pyrrole nitrogens is 1. The topological polar surface area (TPSA) is 19.7 Å². The van der Waals surface area contributed by atoms with Crippen LogP contribution in [0.5, 0.6) is 0 Å². The second kappa shape index (κ2) is 20.5. The minimum atomic E-state index is 0.00913. The Morgan fingerprint density at radius 2 is 1.12 bits per heavy atom. The number of benzene rings is 2. The second-order valence-electron chi connectivity index (χ2n) is 13.1. The minimum Gasteiger partial charge on any atom is -0.247 e. The third-order valence-electron chi connectivity index (χ3n) is 9.59. The van der Waals surface area contributed by atoms with Crippen LogP contribution in [-0.4, -0.2) is 4.98 Å². The molecular formula is C40H63N2+. The van der Waals surface area contributed by atoms with E-state index >= 15 is 0 Å². The summed E-state index contributed by atoms with van der Waals surface area (Å²) in [6.07, 6.45) is 30.2. The van der Waals surface area contributed by atoms with Gasteiger partial charge in [-0.25, -0.2) is 9.55 Å². The van der Waals surface area contributed by atoms with Gasteiger partial charge in [0, 0.05) is 5.41 Å². The van der Waals surface area contributed by atoms with Gasteiger partial charge in [0.25, 0.3) is 5.82 Å². The number of rotatable bonds is 24. The normalized spacial score (nSPS) is 13.7. The Hall–Kier alpha value is -2.35. The smallest absolute Gasteiger partial charge is 0.247 e. The maximum Gasteiger partial charge on any atom is 0.258 e. The number of hydrogen-bond donors (Lipinski definition) is 1. The van der Waals surface area contributed by atoms with Crippen LogP contribution in [0.4, 0.5) is 0 Å². The van der Waals surface area contributed by atoms with Crippen LogP contribution >= 0.6 is 0 Å². The van der Waals surface area contributed by atoms with E-state index in [1.54, 1.807) is 0 Å². The van der Waals surface area contributed by atoms with Crippen LogP contribution in [0.1, 0.15) is 159 Å². The molecule has 0 saturated carbocycles. The van der Waals surface area contributed by atoms with Crippen molar-refractivity contribution in [3.63, 3.8) is 0 Å². The first-order valence-corrected chi connectivity index (χ1v) is 17.8. The highest BCUT2D eigenvalue weighted by molar-refractivity contribution is 5.32. The van der Waals surface area contributed by atoms with E-state index in [1.807, 2.05) is 0 Å². The molecule has 232 valence electrons. The van der Waals surface area contributed by atoms with E-state index in [0.29, 0.717) is 5.92 Å². The van der Waals surface area contributed by atoms with E-state index < -0.39 is 0 Å². The first-order valence-electron chi connectivity index (χ1n) is 17.8. The summed E-state index contributed by atoms with van der Waals surface area (Å²) >= 11 is 0. The van der Waals surface area contributed by atoms with E-state index in [2.05, 4.69) is 103 Å². The number of aromatic nitrogens is 2. The van der Waals surface area contributed by atoms with Crippen molar-refractivity contribution in [2.24, 2.45) is 0 Å². The largest absolute Gasteiger partial charge is 0.258 e. The van der Waals surface area contributed by atoms with Crippen molar-refractivity contribution < 1.29 is 4.57 Å². The molecule has 2 atom stereocenters. The Bertz CT molecular complexity index is 1040. The van der Waals surface area contributed by atoms with Gasteiger partial charge in [0.15, 0.2) is 0 Å². The molecule has 0 amide bonds. The first-order chi connectivity index (χ1) is 20.7. The molecule has 2 heteroatoms. The van der Waals surface area contributed by atoms with Gasteiger partial charge in [-0.15, -0.1) is 0 Å². The summed E-state index contributed by atoms with van der Waals surface area (Å²) in [6.45, 7) is 8.26. The SMILES string of the molecule is CCCCCCCCCCCCCCC(c1[nH]cc[n+]1CCCCCCC)C(C)(Cc1ccccc1)c1ccccc1. The van der Waals surface area contributed by atoms with Crippen LogP contribution in [0.15, 0.2) is 73.1 Å². The molecule has 3 aromatic rings. The van der Waals surface area contributed by atoms with Gasteiger partial charge in [-0.3, -0.25) is 0 Å². The van der Waals surface area contributed by atoms with Gasteiger partial charge < -0.3 is 0 Å². The predicted molar refractivity (Wildman–Crippen MR) is 182 cm³/mol. The molecule has 0 spiro atoms. The third-order valence-corrected chi connectivity index (χ3v) is 9.59. The van der Waals surface area contributed by atoms with E-state index in [9.17, 15) is 0 Å². The van der Waals surface area contributed by atoms with Gasteiger partial charge in [0.1, 0.15) is 12.4 Å². The van der Waals surface area contributed by atoms with Gasteiger partial charge in [-0.05, 0) is 36.8 Å². The highest BCUT2D eigenvalue weighted by Gasteiger charge is 2.41. The Labute approximate surface area is 259 Å². The van der Waals surface area contributed by atoms with Crippen molar-refractivity contribution in [3.8, 4) is 0 Å². The van der Waals surface area contributed by atoms with Crippen molar-refractivity contribution in [1.82, 2.24) is 4.98 Å². The highest BCUT2D eigenvalue weighted by Crippen LogP contribution is 2.43. The number of nitrogens with one attached hydrogen (secondary N) is 1. The molecule has 1 heterocycles. The number of aromatic amines is 1. The summed E-state index contributed by atoms with van der Waals surface area (Å²) in [5.74, 6) is 1.87. The maximum atomic E-state index is 3.78. The van der Waals surface area contributed by atoms with E-state index in [0.717, 1.165) is 13.0 Å². The van der Waals surface area contributed by atoms with Crippen molar-refractivity contribution in [2.45, 2.75) is 161 Å². The van der Waals surface area contributed by atoms with Gasteiger partial charge in [-0.2, -0.15) is 0 Å². The average Bonchev–Trinajstić information content (AvgIpc) is 3.48. The molecular weight excluding hydrogens is 508 g/mol. The van der Waals surface area contributed by atoms with E-state index in [-0.39, 0.29) is 5.41 Å². The van der Waals surface area contributed by atoms with Crippen molar-refractivity contribution >= 4 is 0 Å². The predicted octanol–water partition coefficient (Wildman–Crippen LogP) is 11.6. The maximum absolute atomic E-state index is 3.78. The monoisotopic (exact) mass is 571 g/mol. The Balaban J connectivity index is 1.68. The Kier molecular flexibility index (Phi) is 16.7. The molecule has 0 saturated heterocycles. The van der Waals surface area contributed by atoms with Crippen molar-refractivity contribution in [2.75, 3.05) is 0 Å². The van der Waals surface area contributed by atoms with Crippen LogP contribution < -0.4 is 4.57 Å². The molecule has 0 aliphatic carbocycles. The van der Waals surface area contributed by atoms with Gasteiger partial charge >= 0.3 is 0 Å². The van der Waals surface area contributed by atoms with Crippen LogP contribution in [0.3, 0.4) is 0 Å². The zero-order chi connectivity index (χ0) is 29.7. The number of aryl methyl sites for hydroxylation is 1. The molecule has 0 aliphatic rings. The summed E-state index contributed by atoms with van der Waals surface area (Å²) in [4.78, 5) is 3.78. The molecule has 1 aromatic heterocycles. The quantitative estimate of drug-likeness (QED) is 0.0815. The van der Waals surface area contributed by atoms with Gasteiger partial charge in [-0.1, -0.05) is 178 Å². The number of nitrogens with zero attached hydrogens (tertiary/aromatic N) is 1. The Morgan fingerprint density at radius 1 is 0.619 bits per heavy atom. The molecule has 0 fully saturated rings. The minimum absolute atomic E-state index is 0.00913. The number of imidazole rings is 1. The van der Waals surface area contributed by atoms with Crippen LogP contribution in [0, 0.1) is 0 Å². The van der Waals surface area contributed by atoms with E-state index in [4.69, 9.17) is 0 Å². The van der Waals surface area contributed by atoms with Crippen molar-refractivity contribution in [1.29, 1.82) is 0 Å². The number of hydrogen-bond acceptors (Lipinski definition) is 0. The molecule has 0 aliphatic heterocycles. The van der Waals surface area contributed by atoms with E-state index in [1.165, 1.54) is 133 Å². The molecule has 42 heavy (non-hydrogen) atoms. The first kappa shape index (κ1) is 34.1. The average molecular weight is 572 g/mol. The molecule has 0 radical (unpaired) electrons. The standard InChI is InChI=1S/C40H62N2/c1-4-6-8-10-11-12-13-14-15-16-17-25-31-38(39-41-32-34-42(39)33-26-18-9-7-5-2)40(3,37-29-23-20-24-30-37)35-36-27-21-19-22-28-36/h19-24,27-30,32,34,38H,4-18,25-26,31,33,35H2,1-3H3/p+1. The summed E-state index contributed by atoms with van der Waals surface area (Å²) in [5.41, 5.74) is 2.90. The number of unbranched alkanes of at least 4 members (excludes halogenated alkanes) is 15. The fourth-order valence-corrected chi connectivity index (χ4v) is 6.97. The molecule has 0 bridgehead atoms. The van der Waals surface area contributed by atoms with Gasteiger partial charge in [0.2, 0.25) is 0 Å². The fraction of sp³-hybridized carbons (Fsp3) is 0.625. The zero-order valence-corrected chi connectivity index (χ0v) is 27.6. The second-order valence-corrected chi connectivity index (χ2v) is 13.1. The summed E-state index contributed by atoms with van der Waals surface area (Å²) in [7, 11) is 0. The lowest BCUT2D eigenvalue weighted by Gasteiger charge is -2.37. The lowest BCUT2D eigenvalue weighted by molar-refractivity contribution is -0.705. The van der Waals surface area contributed by atoms with Crippen LogP contribution in [0.25, 0.3) is 0 Å². The van der Waals surface area contributed by atoms with Gasteiger partial charge in [0.05, 0.1) is 12.5 Å². The summed E-state index contributed by atoms with van der Waals surface area (Å²) in [6, 6.07) is 22.6. The molecule has 2 unspecified atom stereocenters. The lowest BCUT2D eigenvalue weighted by Crippen LogP contribution is -2.43. The molecule has 3 rings (SSSR count). The zero-order valence-electron chi connectivity index (χ0n) is 27.6. The lowest BCUT2D eigenvalue weighted by atomic mass is 9.66. The van der Waals surface area contributed by atoms with Crippen molar-refractivity contribution in [3.05, 3.63) is 90.0 Å². The Morgan fingerprint density at radius 3 is 1.69 bits per heavy atom. The molecule has 2 nitrogen and oxygen atoms in total. The third kappa shape index (κ3) is 11.7. The fourth-order valence-electron chi connectivity index (χ4n) is 6.97. The summed E-state index contributed by atoms with van der Waals surface area (Å²) < 4.78 is 2.56. The molecule has 2 aromatic carbocycles. The van der Waals surface area contributed by atoms with Crippen LogP contribution in [0.2, 0.25) is 0 Å². The highest BCUT2D eigenvalue weighted by atomic mass is 15.1. The summed E-state index contributed by atoms with van der Waals surface area (Å²) in [5, 5.41) is 0.